The molecule has 2 heteroatoms. The lowest BCUT2D eigenvalue weighted by atomic mass is 9.91. The lowest BCUT2D eigenvalue weighted by Crippen LogP contribution is -2.38. The lowest BCUT2D eigenvalue weighted by molar-refractivity contribution is -0.126. The van der Waals surface area contributed by atoms with E-state index in [9.17, 15) is 4.79 Å². The van der Waals surface area contributed by atoms with Crippen molar-refractivity contribution in [2.75, 3.05) is 0 Å². The van der Waals surface area contributed by atoms with Crippen LogP contribution in [0, 0.1) is 18.8 Å². The highest BCUT2D eigenvalue weighted by Gasteiger charge is 2.26. The van der Waals surface area contributed by atoms with Crippen LogP contribution in [-0.2, 0) is 4.79 Å². The normalized spacial score (nSPS) is 21.9. The number of nitrogens with one attached hydrogen (secondary N) is 1. The number of hydrogen-bond donors (Lipinski definition) is 1. The first kappa shape index (κ1) is 11.5. The number of rotatable bonds is 4. The van der Waals surface area contributed by atoms with E-state index in [4.69, 9.17) is 0 Å². The van der Waals surface area contributed by atoms with Crippen molar-refractivity contribution in [3.05, 3.63) is 6.92 Å². The minimum Gasteiger partial charge on any atom is -0.353 e. The van der Waals surface area contributed by atoms with Gasteiger partial charge < -0.3 is 5.32 Å². The van der Waals surface area contributed by atoms with E-state index in [0.29, 0.717) is 5.92 Å². The van der Waals surface area contributed by atoms with Gasteiger partial charge in [0.2, 0.25) is 5.91 Å². The Morgan fingerprint density at radius 2 is 2.00 bits per heavy atom. The maximum absolute atomic E-state index is 11.8. The second-order valence-corrected chi connectivity index (χ2v) is 4.53. The summed E-state index contributed by atoms with van der Waals surface area (Å²) in [4.78, 5) is 11.8. The first-order chi connectivity index (χ1) is 6.65. The summed E-state index contributed by atoms with van der Waals surface area (Å²) in [5, 5.41) is 3.00. The Morgan fingerprint density at radius 1 is 1.43 bits per heavy atom. The van der Waals surface area contributed by atoms with E-state index in [2.05, 4.69) is 19.2 Å². The van der Waals surface area contributed by atoms with Crippen molar-refractivity contribution < 1.29 is 4.79 Å². The highest BCUT2D eigenvalue weighted by atomic mass is 16.1. The predicted octanol–water partition coefficient (Wildman–Crippen LogP) is 2.54. The van der Waals surface area contributed by atoms with Gasteiger partial charge in [0.15, 0.2) is 0 Å². The Morgan fingerprint density at radius 3 is 2.50 bits per heavy atom. The van der Waals surface area contributed by atoms with Crippen LogP contribution in [0.15, 0.2) is 0 Å². The molecule has 1 rings (SSSR count). The summed E-state index contributed by atoms with van der Waals surface area (Å²) < 4.78 is 0. The highest BCUT2D eigenvalue weighted by molar-refractivity contribution is 5.78. The van der Waals surface area contributed by atoms with Crippen molar-refractivity contribution in [1.29, 1.82) is 0 Å². The van der Waals surface area contributed by atoms with Crippen molar-refractivity contribution in [3.63, 3.8) is 0 Å². The topological polar surface area (TPSA) is 29.1 Å². The van der Waals surface area contributed by atoms with Crippen molar-refractivity contribution in [2.45, 2.75) is 52.0 Å². The van der Waals surface area contributed by atoms with Crippen LogP contribution in [0.1, 0.15) is 46.0 Å². The van der Waals surface area contributed by atoms with Gasteiger partial charge >= 0.3 is 0 Å². The third kappa shape index (κ3) is 3.00. The molecule has 0 aromatic heterocycles. The van der Waals surface area contributed by atoms with Gasteiger partial charge in [0.05, 0.1) is 0 Å². The summed E-state index contributed by atoms with van der Waals surface area (Å²) in [5.74, 6) is 1.02. The van der Waals surface area contributed by atoms with Crippen LogP contribution in [0.25, 0.3) is 0 Å². The second kappa shape index (κ2) is 5.38. The molecule has 81 valence electrons. The van der Waals surface area contributed by atoms with E-state index in [1.54, 1.807) is 0 Å². The first-order valence-corrected chi connectivity index (χ1v) is 5.74. The van der Waals surface area contributed by atoms with Gasteiger partial charge in [-0.05, 0) is 32.1 Å². The standard InChI is InChI=1S/C12H22NO/c1-4-9(2)13-12(14)10(3)11-7-5-6-8-11/h9-11H,1,4-8H2,2-3H3,(H,13,14). The molecule has 0 saturated heterocycles. The van der Waals surface area contributed by atoms with Crippen LogP contribution in [0.4, 0.5) is 0 Å². The Balaban J connectivity index is 2.35. The molecule has 0 aromatic carbocycles. The van der Waals surface area contributed by atoms with E-state index in [1.807, 2.05) is 6.92 Å². The molecular formula is C12H22NO. The fourth-order valence-corrected chi connectivity index (χ4v) is 2.12. The minimum absolute atomic E-state index is 0.187. The predicted molar refractivity (Wildman–Crippen MR) is 58.7 cm³/mol. The summed E-state index contributed by atoms with van der Waals surface area (Å²) in [6.07, 6.45) is 5.82. The second-order valence-electron chi connectivity index (χ2n) is 4.53. The molecule has 0 aliphatic heterocycles. The van der Waals surface area contributed by atoms with Crippen LogP contribution in [0.3, 0.4) is 0 Å². The van der Waals surface area contributed by atoms with Crippen LogP contribution in [0.2, 0.25) is 0 Å². The van der Waals surface area contributed by atoms with Crippen molar-refractivity contribution in [3.8, 4) is 0 Å². The fourth-order valence-electron chi connectivity index (χ4n) is 2.12. The van der Waals surface area contributed by atoms with Crippen molar-refractivity contribution in [1.82, 2.24) is 5.32 Å². The van der Waals surface area contributed by atoms with Gasteiger partial charge in [0.1, 0.15) is 0 Å². The highest BCUT2D eigenvalue weighted by Crippen LogP contribution is 2.31. The van der Waals surface area contributed by atoms with Crippen LogP contribution < -0.4 is 5.32 Å². The van der Waals surface area contributed by atoms with E-state index in [1.165, 1.54) is 25.7 Å². The summed E-state index contributed by atoms with van der Waals surface area (Å²) in [6.45, 7) is 7.84. The Bertz CT molecular complexity index is 185. The molecule has 1 N–H and O–H groups in total. The van der Waals surface area contributed by atoms with Gasteiger partial charge in [-0.3, -0.25) is 4.79 Å². The number of carbonyl (C=O) groups is 1. The zero-order chi connectivity index (χ0) is 10.6. The monoisotopic (exact) mass is 196 g/mol. The van der Waals surface area contributed by atoms with Gasteiger partial charge in [-0.15, -0.1) is 0 Å². The molecule has 1 saturated carbocycles. The van der Waals surface area contributed by atoms with Crippen molar-refractivity contribution >= 4 is 5.91 Å². The molecule has 2 nitrogen and oxygen atoms in total. The zero-order valence-corrected chi connectivity index (χ0v) is 9.38. The number of carbonyl (C=O) groups excluding carboxylic acids is 1. The van der Waals surface area contributed by atoms with E-state index in [-0.39, 0.29) is 17.9 Å². The van der Waals surface area contributed by atoms with Crippen LogP contribution in [0.5, 0.6) is 0 Å². The molecule has 0 bridgehead atoms. The largest absolute Gasteiger partial charge is 0.353 e. The number of amides is 1. The lowest BCUT2D eigenvalue weighted by Gasteiger charge is -2.20. The first-order valence-electron chi connectivity index (χ1n) is 5.74. The maximum atomic E-state index is 11.8. The molecule has 1 radical (unpaired) electrons. The summed E-state index contributed by atoms with van der Waals surface area (Å²) in [5.41, 5.74) is 0. The van der Waals surface area contributed by atoms with Crippen molar-refractivity contribution in [2.24, 2.45) is 11.8 Å². The van der Waals surface area contributed by atoms with E-state index < -0.39 is 0 Å². The Kier molecular flexibility index (Phi) is 4.43. The average molecular weight is 196 g/mol. The molecule has 1 aliphatic rings. The summed E-state index contributed by atoms with van der Waals surface area (Å²) >= 11 is 0. The number of hydrogen-bond acceptors (Lipinski definition) is 1. The van der Waals surface area contributed by atoms with Gasteiger partial charge in [0.25, 0.3) is 0 Å². The zero-order valence-electron chi connectivity index (χ0n) is 9.38. The molecule has 1 aliphatic carbocycles. The molecule has 1 amide bonds. The third-order valence-electron chi connectivity index (χ3n) is 3.34. The molecule has 2 atom stereocenters. The van der Waals surface area contributed by atoms with Crippen LogP contribution >= 0.6 is 0 Å². The fraction of sp³-hybridized carbons (Fsp3) is 0.833. The molecular weight excluding hydrogens is 174 g/mol. The van der Waals surface area contributed by atoms with E-state index in [0.717, 1.165) is 6.42 Å². The maximum Gasteiger partial charge on any atom is 0.223 e. The third-order valence-corrected chi connectivity index (χ3v) is 3.34. The van der Waals surface area contributed by atoms with Gasteiger partial charge in [-0.25, -0.2) is 0 Å². The van der Waals surface area contributed by atoms with Gasteiger partial charge in [0, 0.05) is 12.0 Å². The van der Waals surface area contributed by atoms with Gasteiger partial charge in [-0.1, -0.05) is 26.7 Å². The minimum atomic E-state index is 0.187. The summed E-state index contributed by atoms with van der Waals surface area (Å²) in [6, 6.07) is 0.214. The summed E-state index contributed by atoms with van der Waals surface area (Å²) in [7, 11) is 0. The van der Waals surface area contributed by atoms with Crippen LogP contribution in [-0.4, -0.2) is 11.9 Å². The molecule has 0 spiro atoms. The molecule has 14 heavy (non-hydrogen) atoms. The molecule has 1 fully saturated rings. The quantitative estimate of drug-likeness (QED) is 0.735. The average Bonchev–Trinajstić information content (AvgIpc) is 2.69. The molecule has 0 heterocycles. The van der Waals surface area contributed by atoms with Gasteiger partial charge in [-0.2, -0.15) is 0 Å². The SMILES string of the molecule is [CH2]CC(C)NC(=O)C(C)C1CCCC1. The molecule has 0 aromatic rings. The molecule has 2 unspecified atom stereocenters. The van der Waals surface area contributed by atoms with E-state index >= 15 is 0 Å². The Labute approximate surface area is 87.5 Å². The Hall–Kier alpha value is -0.530. The smallest absolute Gasteiger partial charge is 0.223 e.